The van der Waals surface area contributed by atoms with Crippen molar-refractivity contribution in [3.05, 3.63) is 30.1 Å². The second kappa shape index (κ2) is 9.78. The van der Waals surface area contributed by atoms with Gasteiger partial charge in [0.15, 0.2) is 0 Å². The zero-order valence-electron chi connectivity index (χ0n) is 13.5. The Morgan fingerprint density at radius 2 is 1.95 bits per heavy atom. The lowest BCUT2D eigenvalue weighted by Gasteiger charge is -2.26. The summed E-state index contributed by atoms with van der Waals surface area (Å²) in [4.78, 5) is 8.85. The highest BCUT2D eigenvalue weighted by atomic mass is 28.4. The van der Waals surface area contributed by atoms with Crippen LogP contribution in [0.5, 0.6) is 0 Å². The maximum absolute atomic E-state index is 5.74. The number of hydrogen-bond donors (Lipinski definition) is 0. The van der Waals surface area contributed by atoms with Crippen molar-refractivity contribution >= 4 is 14.5 Å². The van der Waals surface area contributed by atoms with Gasteiger partial charge in [-0.15, -0.1) is 0 Å². The molecule has 0 aliphatic rings. The largest absolute Gasteiger partial charge is 0.500 e. The summed E-state index contributed by atoms with van der Waals surface area (Å²) in [5.74, 6) is 0. The Kier molecular flexibility index (Phi) is 8.37. The molecule has 0 radical (unpaired) electrons. The molecule has 0 fully saturated rings. The van der Waals surface area contributed by atoms with Gasteiger partial charge in [-0.3, -0.25) is 9.98 Å². The molecule has 0 saturated carbocycles. The molecule has 0 saturated heterocycles. The fourth-order valence-corrected chi connectivity index (χ4v) is 4.33. The normalized spacial score (nSPS) is 12.7. The number of nitrogens with zero attached hydrogens (tertiary/aromatic N) is 2. The van der Waals surface area contributed by atoms with Crippen molar-refractivity contribution < 1.29 is 13.3 Å². The van der Waals surface area contributed by atoms with E-state index in [0.29, 0.717) is 13.2 Å². The zero-order chi connectivity index (χ0) is 15.6. The van der Waals surface area contributed by atoms with Crippen molar-refractivity contribution in [2.75, 3.05) is 26.9 Å². The van der Waals surface area contributed by atoms with Crippen LogP contribution < -0.4 is 0 Å². The topological polar surface area (TPSA) is 52.9 Å². The average molecular weight is 310 g/mol. The smallest absolute Gasteiger partial charge is 0.377 e. The molecule has 1 rings (SSSR count). The summed E-state index contributed by atoms with van der Waals surface area (Å²) in [5, 5.41) is 0. The molecular formula is C15H26N2O3Si. The molecule has 1 aromatic rings. The van der Waals surface area contributed by atoms with Crippen LogP contribution in [-0.4, -0.2) is 46.4 Å². The summed E-state index contributed by atoms with van der Waals surface area (Å²) in [6.45, 7) is 7.84. The molecule has 0 amide bonds. The first-order chi connectivity index (χ1) is 10.2. The van der Waals surface area contributed by atoms with E-state index in [2.05, 4.69) is 9.98 Å². The lowest BCUT2D eigenvalue weighted by atomic mass is 10.2. The Labute approximate surface area is 128 Å². The Hall–Kier alpha value is -1.08. The summed E-state index contributed by atoms with van der Waals surface area (Å²) in [6, 6.07) is 6.62. The molecule has 1 heterocycles. The predicted molar refractivity (Wildman–Crippen MR) is 86.8 cm³/mol. The fraction of sp³-hybridized carbons (Fsp3) is 0.600. The predicted octanol–water partition coefficient (Wildman–Crippen LogP) is 2.94. The maximum atomic E-state index is 5.74. The lowest BCUT2D eigenvalue weighted by Crippen LogP contribution is -2.45. The molecule has 0 unspecified atom stereocenters. The minimum Gasteiger partial charge on any atom is -0.377 e. The SMILES string of the molecule is CCO[Si](CCCN=C(C)c1ccccn1)(OC)OCC. The highest BCUT2D eigenvalue weighted by Crippen LogP contribution is 2.17. The number of aromatic nitrogens is 1. The van der Waals surface area contributed by atoms with E-state index in [4.69, 9.17) is 13.3 Å². The van der Waals surface area contributed by atoms with Crippen LogP contribution >= 0.6 is 0 Å². The Morgan fingerprint density at radius 1 is 1.24 bits per heavy atom. The van der Waals surface area contributed by atoms with Gasteiger partial charge in [0, 0.05) is 39.1 Å². The molecule has 21 heavy (non-hydrogen) atoms. The molecule has 0 N–H and O–H groups in total. The van der Waals surface area contributed by atoms with Crippen LogP contribution in [0.1, 0.15) is 32.9 Å². The molecule has 0 aliphatic heterocycles. The Morgan fingerprint density at radius 3 is 2.48 bits per heavy atom. The highest BCUT2D eigenvalue weighted by molar-refractivity contribution is 6.60. The van der Waals surface area contributed by atoms with Crippen LogP contribution in [0.15, 0.2) is 29.4 Å². The van der Waals surface area contributed by atoms with E-state index in [1.165, 1.54) is 0 Å². The van der Waals surface area contributed by atoms with Crippen molar-refractivity contribution in [1.82, 2.24) is 4.98 Å². The van der Waals surface area contributed by atoms with Crippen molar-refractivity contribution in [1.29, 1.82) is 0 Å². The molecule has 5 nitrogen and oxygen atoms in total. The molecule has 6 heteroatoms. The van der Waals surface area contributed by atoms with Gasteiger partial charge in [0.2, 0.25) is 0 Å². The van der Waals surface area contributed by atoms with Gasteiger partial charge in [-0.2, -0.15) is 0 Å². The van der Waals surface area contributed by atoms with E-state index in [1.807, 2.05) is 39.0 Å². The van der Waals surface area contributed by atoms with Gasteiger partial charge in [-0.1, -0.05) is 6.07 Å². The van der Waals surface area contributed by atoms with E-state index < -0.39 is 8.80 Å². The van der Waals surface area contributed by atoms with Crippen LogP contribution in [0.2, 0.25) is 6.04 Å². The maximum Gasteiger partial charge on any atom is 0.500 e. The molecule has 0 aliphatic carbocycles. The second-order valence-electron chi connectivity index (χ2n) is 4.54. The van der Waals surface area contributed by atoms with Crippen LogP contribution in [0.4, 0.5) is 0 Å². The summed E-state index contributed by atoms with van der Waals surface area (Å²) < 4.78 is 17.0. The third kappa shape index (κ3) is 6.05. The second-order valence-corrected chi connectivity index (χ2v) is 7.39. The zero-order valence-corrected chi connectivity index (χ0v) is 14.5. The summed E-state index contributed by atoms with van der Waals surface area (Å²) >= 11 is 0. The van der Waals surface area contributed by atoms with Gasteiger partial charge >= 0.3 is 8.80 Å². The lowest BCUT2D eigenvalue weighted by molar-refractivity contribution is 0.0863. The van der Waals surface area contributed by atoms with Crippen LogP contribution in [0, 0.1) is 0 Å². The van der Waals surface area contributed by atoms with Crippen LogP contribution in [0.25, 0.3) is 0 Å². The average Bonchev–Trinajstić information content (AvgIpc) is 2.52. The van der Waals surface area contributed by atoms with Crippen molar-refractivity contribution in [2.24, 2.45) is 4.99 Å². The molecule has 0 spiro atoms. The van der Waals surface area contributed by atoms with Crippen LogP contribution in [0.3, 0.4) is 0 Å². The number of rotatable bonds is 10. The first kappa shape index (κ1) is 18.0. The Bertz CT molecular complexity index is 420. The molecule has 0 aromatic carbocycles. The monoisotopic (exact) mass is 310 g/mol. The summed E-state index contributed by atoms with van der Waals surface area (Å²) in [6.07, 6.45) is 2.66. The standard InChI is InChI=1S/C15H26N2O3Si/c1-5-19-21(18-4,20-6-2)13-9-12-16-14(3)15-10-7-8-11-17-15/h7-8,10-11H,5-6,9,12-13H2,1-4H3. The summed E-state index contributed by atoms with van der Waals surface area (Å²) in [5.41, 5.74) is 1.87. The molecule has 1 aromatic heterocycles. The van der Waals surface area contributed by atoms with E-state index >= 15 is 0 Å². The molecule has 0 atom stereocenters. The minimum atomic E-state index is -2.51. The van der Waals surface area contributed by atoms with Crippen molar-refractivity contribution in [3.8, 4) is 0 Å². The van der Waals surface area contributed by atoms with Gasteiger partial charge in [0.05, 0.1) is 11.4 Å². The minimum absolute atomic E-state index is 0.607. The third-order valence-electron chi connectivity index (χ3n) is 3.07. The first-order valence-corrected chi connectivity index (χ1v) is 9.36. The van der Waals surface area contributed by atoms with Gasteiger partial charge in [-0.05, 0) is 39.3 Å². The van der Waals surface area contributed by atoms with Gasteiger partial charge in [0.1, 0.15) is 0 Å². The van der Waals surface area contributed by atoms with Crippen LogP contribution in [-0.2, 0) is 13.3 Å². The third-order valence-corrected chi connectivity index (χ3v) is 6.11. The Balaban J connectivity index is 2.50. The van der Waals surface area contributed by atoms with E-state index in [0.717, 1.165) is 30.4 Å². The quantitative estimate of drug-likeness (QED) is 0.379. The number of pyridine rings is 1. The molecule has 118 valence electrons. The number of hydrogen-bond acceptors (Lipinski definition) is 5. The van der Waals surface area contributed by atoms with Gasteiger partial charge in [-0.25, -0.2) is 0 Å². The van der Waals surface area contributed by atoms with E-state index in [-0.39, 0.29) is 0 Å². The van der Waals surface area contributed by atoms with Crippen molar-refractivity contribution in [3.63, 3.8) is 0 Å². The number of aliphatic imine (C=N–C) groups is 1. The summed E-state index contributed by atoms with van der Waals surface area (Å²) in [7, 11) is -0.839. The molecule has 0 bridgehead atoms. The van der Waals surface area contributed by atoms with Gasteiger partial charge < -0.3 is 13.3 Å². The van der Waals surface area contributed by atoms with Crippen molar-refractivity contribution in [2.45, 2.75) is 33.2 Å². The van der Waals surface area contributed by atoms with E-state index in [9.17, 15) is 0 Å². The fourth-order valence-electron chi connectivity index (χ4n) is 2.05. The molecular weight excluding hydrogens is 284 g/mol. The highest BCUT2D eigenvalue weighted by Gasteiger charge is 2.38. The van der Waals surface area contributed by atoms with E-state index in [1.54, 1.807) is 13.3 Å². The van der Waals surface area contributed by atoms with Gasteiger partial charge in [0.25, 0.3) is 0 Å². The first-order valence-electron chi connectivity index (χ1n) is 7.43.